The van der Waals surface area contributed by atoms with Gasteiger partial charge in [0.2, 0.25) is 10.0 Å². The number of aryl methyl sites for hydroxylation is 2. The Morgan fingerprint density at radius 1 is 1.07 bits per heavy atom. The first-order valence-electron chi connectivity index (χ1n) is 13.4. The van der Waals surface area contributed by atoms with Crippen molar-refractivity contribution in [3.8, 4) is 11.3 Å². The number of β-amino-alcohol motifs (C(OH)–C–C–N with tert-alkyl or cyclic N) is 1. The maximum absolute atomic E-state index is 13.4. The molecule has 3 aromatic rings. The van der Waals surface area contributed by atoms with Gasteiger partial charge in [0, 0.05) is 43.9 Å². The van der Waals surface area contributed by atoms with Crippen LogP contribution in [0.1, 0.15) is 44.2 Å². The number of aliphatic carboxylic acids is 1. The molecular weight excluding hydrogens is 585 g/mol. The number of aliphatic hydroxyl groups is 1. The Kier molecular flexibility index (Phi) is 11.7. The van der Waals surface area contributed by atoms with Crippen molar-refractivity contribution in [3.05, 3.63) is 82.0 Å². The van der Waals surface area contributed by atoms with Crippen LogP contribution in [0, 0.1) is 0 Å². The first-order chi connectivity index (χ1) is 19.3. The number of rotatable bonds is 15. The maximum Gasteiger partial charge on any atom is 0.303 e. The number of sulfonamides is 1. The van der Waals surface area contributed by atoms with Gasteiger partial charge in [-0.05, 0) is 68.9 Å². The van der Waals surface area contributed by atoms with Gasteiger partial charge in [-0.1, -0.05) is 59.6 Å². The van der Waals surface area contributed by atoms with E-state index in [2.05, 4.69) is 36.3 Å². The lowest BCUT2D eigenvalue weighted by Gasteiger charge is -2.29. The van der Waals surface area contributed by atoms with E-state index >= 15 is 0 Å². The quantitative estimate of drug-likeness (QED) is 0.206. The Morgan fingerprint density at radius 2 is 1.73 bits per heavy atom. The predicted octanol–water partition coefficient (Wildman–Crippen LogP) is 5.45. The fourth-order valence-corrected chi connectivity index (χ4v) is 6.92. The van der Waals surface area contributed by atoms with Gasteiger partial charge in [0.05, 0.1) is 21.8 Å². The molecule has 0 spiro atoms. The molecule has 1 heterocycles. The van der Waals surface area contributed by atoms with E-state index in [-0.39, 0.29) is 46.4 Å². The molecule has 0 aliphatic heterocycles. The highest BCUT2D eigenvalue weighted by Gasteiger charge is 2.29. The third kappa shape index (κ3) is 9.49. The van der Waals surface area contributed by atoms with Crippen molar-refractivity contribution in [2.75, 3.05) is 20.1 Å². The normalized spacial score (nSPS) is 13.0. The van der Waals surface area contributed by atoms with Crippen LogP contribution >= 0.6 is 23.2 Å². The van der Waals surface area contributed by atoms with E-state index in [1.165, 1.54) is 24.7 Å². The number of nitrogens with zero attached hydrogens (tertiary/aromatic N) is 2. The Labute approximate surface area is 252 Å². The van der Waals surface area contributed by atoms with Crippen LogP contribution < -0.4 is 5.32 Å². The van der Waals surface area contributed by atoms with Gasteiger partial charge in [-0.15, -0.1) is 0 Å². The lowest BCUT2D eigenvalue weighted by atomic mass is 9.95. The molecule has 1 unspecified atom stereocenters. The fraction of sp³-hybridized carbons (Fsp3) is 0.400. The first-order valence-corrected chi connectivity index (χ1v) is 15.6. The lowest BCUT2D eigenvalue weighted by molar-refractivity contribution is -0.136. The summed E-state index contributed by atoms with van der Waals surface area (Å²) in [6.45, 7) is 4.16. The van der Waals surface area contributed by atoms with Crippen LogP contribution in [0.4, 0.5) is 0 Å². The molecule has 0 amide bonds. The summed E-state index contributed by atoms with van der Waals surface area (Å²) in [5, 5.41) is 22.9. The fourth-order valence-electron chi connectivity index (χ4n) is 4.56. The highest BCUT2D eigenvalue weighted by atomic mass is 35.5. The topological polar surface area (TPSA) is 120 Å². The third-order valence-electron chi connectivity index (χ3n) is 6.83. The van der Waals surface area contributed by atoms with Crippen LogP contribution in [0.5, 0.6) is 0 Å². The highest BCUT2D eigenvalue weighted by molar-refractivity contribution is 7.89. The van der Waals surface area contributed by atoms with Crippen molar-refractivity contribution in [1.29, 1.82) is 0 Å². The number of benzene rings is 2. The van der Waals surface area contributed by atoms with Gasteiger partial charge in [0.1, 0.15) is 4.90 Å². The minimum Gasteiger partial charge on any atom is -0.481 e. The number of nitrogens with one attached hydrogen (secondary N) is 1. The monoisotopic (exact) mass is 621 g/mol. The lowest BCUT2D eigenvalue weighted by Crippen LogP contribution is -2.46. The SMILES string of the molecule is CN(CC(O)CNC(C)(C)CCCc1ccccc1)S(=O)(=O)c1c(Cl)cc(-c2ncccc2CCC(=O)O)cc1Cl. The van der Waals surface area contributed by atoms with Gasteiger partial charge in [-0.25, -0.2) is 8.42 Å². The number of aliphatic hydroxyl groups excluding tert-OH is 1. The number of hydrogen-bond donors (Lipinski definition) is 3. The predicted molar refractivity (Wildman–Crippen MR) is 163 cm³/mol. The van der Waals surface area contributed by atoms with Crippen LogP contribution in [0.2, 0.25) is 10.0 Å². The molecular formula is C30H37Cl2N3O5S. The second-order valence-corrected chi connectivity index (χ2v) is 13.5. The van der Waals surface area contributed by atoms with Crippen molar-refractivity contribution in [3.63, 3.8) is 0 Å². The number of likely N-dealkylation sites (N-methyl/N-ethyl adjacent to an activating group) is 1. The number of aromatic nitrogens is 1. The van der Waals surface area contributed by atoms with Crippen molar-refractivity contribution in [2.24, 2.45) is 0 Å². The van der Waals surface area contributed by atoms with Crippen LogP contribution in [-0.2, 0) is 27.7 Å². The molecule has 8 nitrogen and oxygen atoms in total. The Balaban J connectivity index is 1.65. The molecule has 2 aromatic carbocycles. The zero-order valence-electron chi connectivity index (χ0n) is 23.5. The summed E-state index contributed by atoms with van der Waals surface area (Å²) >= 11 is 12.9. The number of pyridine rings is 1. The van der Waals surface area contributed by atoms with Gasteiger partial charge in [-0.3, -0.25) is 9.78 Å². The zero-order valence-corrected chi connectivity index (χ0v) is 25.8. The number of carboxylic acid groups (broad SMARTS) is 1. The summed E-state index contributed by atoms with van der Waals surface area (Å²) in [6.07, 6.45) is 3.56. The highest BCUT2D eigenvalue weighted by Crippen LogP contribution is 2.36. The Morgan fingerprint density at radius 3 is 2.37 bits per heavy atom. The van der Waals surface area contributed by atoms with E-state index in [9.17, 15) is 18.3 Å². The minimum atomic E-state index is -4.14. The van der Waals surface area contributed by atoms with Gasteiger partial charge in [0.15, 0.2) is 0 Å². The van der Waals surface area contributed by atoms with Crippen LogP contribution in [-0.4, -0.2) is 65.7 Å². The van der Waals surface area contributed by atoms with E-state index in [4.69, 9.17) is 28.3 Å². The Bertz CT molecular complexity index is 1410. The molecule has 41 heavy (non-hydrogen) atoms. The summed E-state index contributed by atoms with van der Waals surface area (Å²) in [6, 6.07) is 16.6. The van der Waals surface area contributed by atoms with Gasteiger partial charge in [0.25, 0.3) is 0 Å². The second-order valence-electron chi connectivity index (χ2n) is 10.7. The van der Waals surface area contributed by atoms with E-state index in [0.717, 1.165) is 23.6 Å². The molecule has 0 bridgehead atoms. The van der Waals surface area contributed by atoms with Gasteiger partial charge >= 0.3 is 5.97 Å². The number of carbonyl (C=O) groups is 1. The molecule has 0 aliphatic rings. The van der Waals surface area contributed by atoms with Crippen molar-refractivity contribution in [2.45, 2.75) is 62.5 Å². The molecule has 1 atom stereocenters. The van der Waals surface area contributed by atoms with Crippen LogP contribution in [0.25, 0.3) is 11.3 Å². The molecule has 222 valence electrons. The largest absolute Gasteiger partial charge is 0.481 e. The van der Waals surface area contributed by atoms with Crippen molar-refractivity contribution >= 4 is 39.2 Å². The van der Waals surface area contributed by atoms with E-state index in [1.54, 1.807) is 18.3 Å². The summed E-state index contributed by atoms with van der Waals surface area (Å²) < 4.78 is 27.9. The number of hydrogen-bond acceptors (Lipinski definition) is 6. The molecule has 0 saturated heterocycles. The first kappa shape index (κ1) is 33.0. The summed E-state index contributed by atoms with van der Waals surface area (Å²) in [7, 11) is -2.77. The van der Waals surface area contributed by atoms with E-state index in [0.29, 0.717) is 16.8 Å². The van der Waals surface area contributed by atoms with E-state index in [1.807, 2.05) is 18.2 Å². The standard InChI is InChI=1S/C30H37Cl2N3O5S/c1-30(2,15-7-11-21-9-5-4-6-10-21)34-19-24(36)20-35(3)41(39,40)29-25(31)17-23(18-26(29)32)28-22(12-8-16-33-28)13-14-27(37)38/h4-6,8-10,12,16-18,24,34,36H,7,11,13-15,19-20H2,1-3H3,(H,37,38). The summed E-state index contributed by atoms with van der Waals surface area (Å²) in [5.74, 6) is -0.940. The smallest absolute Gasteiger partial charge is 0.303 e. The summed E-state index contributed by atoms with van der Waals surface area (Å²) in [4.78, 5) is 15.1. The zero-order chi connectivity index (χ0) is 30.2. The molecule has 0 aliphatic carbocycles. The van der Waals surface area contributed by atoms with Crippen molar-refractivity contribution in [1.82, 2.24) is 14.6 Å². The second kappa shape index (κ2) is 14.6. The molecule has 0 radical (unpaired) electrons. The summed E-state index contributed by atoms with van der Waals surface area (Å²) in [5.41, 5.74) is 2.65. The maximum atomic E-state index is 13.4. The average molecular weight is 623 g/mol. The molecule has 3 rings (SSSR count). The molecule has 1 aromatic heterocycles. The van der Waals surface area contributed by atoms with E-state index < -0.39 is 22.1 Å². The van der Waals surface area contributed by atoms with Crippen LogP contribution in [0.15, 0.2) is 65.7 Å². The third-order valence-corrected chi connectivity index (χ3v) is 9.58. The van der Waals surface area contributed by atoms with Gasteiger partial charge in [-0.2, -0.15) is 4.31 Å². The van der Waals surface area contributed by atoms with Crippen molar-refractivity contribution < 1.29 is 23.4 Å². The number of halogens is 2. The molecule has 11 heteroatoms. The molecule has 0 fully saturated rings. The minimum absolute atomic E-state index is 0.0839. The number of carboxylic acids is 1. The van der Waals surface area contributed by atoms with Gasteiger partial charge < -0.3 is 15.5 Å². The van der Waals surface area contributed by atoms with Crippen LogP contribution in [0.3, 0.4) is 0 Å². The average Bonchev–Trinajstić information content (AvgIpc) is 2.91. The molecule has 3 N–H and O–H groups in total. The Hall–Kier alpha value is -2.53. The molecule has 0 saturated carbocycles.